The van der Waals surface area contributed by atoms with Crippen molar-refractivity contribution < 1.29 is 9.59 Å². The fourth-order valence-corrected chi connectivity index (χ4v) is 3.83. The van der Waals surface area contributed by atoms with Gasteiger partial charge in [-0.05, 0) is 62.1 Å². The minimum absolute atomic E-state index is 0.109. The van der Waals surface area contributed by atoms with Crippen molar-refractivity contribution in [1.82, 2.24) is 9.88 Å². The Morgan fingerprint density at radius 3 is 2.31 bits per heavy atom. The standard InChI is InChI=1S/C26H28N4O2/c1-19-7-10-23(11-8-19)29-25(31)22-9-12-24(28-18-22)27-17-20-13-15-30(16-14-20)26(32)21-5-3-2-4-6-21/h2-12,18,20H,13-17H2,1H3,(H,27,28)(H,29,31). The highest BCUT2D eigenvalue weighted by atomic mass is 16.2. The lowest BCUT2D eigenvalue weighted by molar-refractivity contribution is 0.0694. The Bertz CT molecular complexity index is 1040. The van der Waals surface area contributed by atoms with Crippen LogP contribution >= 0.6 is 0 Å². The molecular formula is C26H28N4O2. The topological polar surface area (TPSA) is 74.3 Å². The molecule has 6 heteroatoms. The number of piperidine rings is 1. The van der Waals surface area contributed by atoms with Crippen LogP contribution in [0.25, 0.3) is 0 Å². The number of aromatic nitrogens is 1. The molecule has 0 atom stereocenters. The molecule has 1 aliphatic rings. The van der Waals surface area contributed by atoms with Crippen molar-refractivity contribution in [1.29, 1.82) is 0 Å². The fraction of sp³-hybridized carbons (Fsp3) is 0.269. The third-order valence-electron chi connectivity index (χ3n) is 5.83. The van der Waals surface area contributed by atoms with E-state index in [1.807, 2.05) is 72.5 Å². The second-order valence-corrected chi connectivity index (χ2v) is 8.23. The van der Waals surface area contributed by atoms with Crippen molar-refractivity contribution in [3.05, 3.63) is 89.6 Å². The molecule has 1 aliphatic heterocycles. The first-order valence-electron chi connectivity index (χ1n) is 11.0. The van der Waals surface area contributed by atoms with Crippen LogP contribution in [0.15, 0.2) is 72.9 Å². The maximum absolute atomic E-state index is 12.6. The summed E-state index contributed by atoms with van der Waals surface area (Å²) in [7, 11) is 0. The van der Waals surface area contributed by atoms with Gasteiger partial charge in [-0.2, -0.15) is 0 Å². The summed E-state index contributed by atoms with van der Waals surface area (Å²) in [6.45, 7) is 4.35. The van der Waals surface area contributed by atoms with E-state index in [0.717, 1.165) is 55.1 Å². The monoisotopic (exact) mass is 428 g/mol. The predicted molar refractivity (Wildman–Crippen MR) is 127 cm³/mol. The van der Waals surface area contributed by atoms with Gasteiger partial charge in [0.2, 0.25) is 0 Å². The van der Waals surface area contributed by atoms with Gasteiger partial charge in [0.15, 0.2) is 0 Å². The quantitative estimate of drug-likeness (QED) is 0.601. The Morgan fingerprint density at radius 1 is 0.938 bits per heavy atom. The van der Waals surface area contributed by atoms with Crippen LogP contribution in [-0.2, 0) is 0 Å². The number of nitrogens with zero attached hydrogens (tertiary/aromatic N) is 2. The molecule has 4 rings (SSSR count). The van der Waals surface area contributed by atoms with Gasteiger partial charge in [-0.15, -0.1) is 0 Å². The van der Waals surface area contributed by atoms with Gasteiger partial charge in [-0.1, -0.05) is 35.9 Å². The van der Waals surface area contributed by atoms with Crippen LogP contribution in [0.4, 0.5) is 11.5 Å². The number of benzene rings is 2. The number of pyridine rings is 1. The van der Waals surface area contributed by atoms with E-state index in [2.05, 4.69) is 15.6 Å². The molecule has 0 saturated carbocycles. The Balaban J connectivity index is 1.23. The molecule has 1 aromatic heterocycles. The third-order valence-corrected chi connectivity index (χ3v) is 5.83. The van der Waals surface area contributed by atoms with Crippen molar-refractivity contribution in [2.45, 2.75) is 19.8 Å². The Kier molecular flexibility index (Phi) is 6.80. The van der Waals surface area contributed by atoms with Crippen molar-refractivity contribution in [3.63, 3.8) is 0 Å². The minimum atomic E-state index is -0.177. The Labute approximate surface area is 188 Å². The highest BCUT2D eigenvalue weighted by Gasteiger charge is 2.23. The maximum atomic E-state index is 12.6. The highest BCUT2D eigenvalue weighted by Crippen LogP contribution is 2.20. The maximum Gasteiger partial charge on any atom is 0.257 e. The summed E-state index contributed by atoms with van der Waals surface area (Å²) in [5.74, 6) is 1.17. The summed E-state index contributed by atoms with van der Waals surface area (Å²) >= 11 is 0. The number of likely N-dealkylation sites (tertiary alicyclic amines) is 1. The average molecular weight is 429 g/mol. The number of amides is 2. The van der Waals surface area contributed by atoms with E-state index in [9.17, 15) is 9.59 Å². The number of carbonyl (C=O) groups is 2. The van der Waals surface area contributed by atoms with Crippen LogP contribution in [-0.4, -0.2) is 41.3 Å². The van der Waals surface area contributed by atoms with E-state index in [4.69, 9.17) is 0 Å². The van der Waals surface area contributed by atoms with E-state index in [-0.39, 0.29) is 11.8 Å². The van der Waals surface area contributed by atoms with Gasteiger partial charge in [0.05, 0.1) is 5.56 Å². The van der Waals surface area contributed by atoms with Crippen LogP contribution in [0.5, 0.6) is 0 Å². The summed E-state index contributed by atoms with van der Waals surface area (Å²) in [5, 5.41) is 6.25. The number of anilines is 2. The van der Waals surface area contributed by atoms with Crippen LogP contribution in [0.2, 0.25) is 0 Å². The van der Waals surface area contributed by atoms with Crippen molar-refractivity contribution in [3.8, 4) is 0 Å². The summed E-state index contributed by atoms with van der Waals surface area (Å²) < 4.78 is 0. The summed E-state index contributed by atoms with van der Waals surface area (Å²) in [6, 6.07) is 20.8. The van der Waals surface area contributed by atoms with E-state index in [1.54, 1.807) is 12.3 Å². The molecule has 164 valence electrons. The number of carbonyl (C=O) groups excluding carboxylic acids is 2. The summed E-state index contributed by atoms with van der Waals surface area (Å²) in [6.07, 6.45) is 3.51. The highest BCUT2D eigenvalue weighted by molar-refractivity contribution is 6.04. The van der Waals surface area contributed by atoms with Gasteiger partial charge in [0.1, 0.15) is 5.82 Å². The zero-order valence-electron chi connectivity index (χ0n) is 18.3. The number of hydrogen-bond acceptors (Lipinski definition) is 4. The molecule has 0 spiro atoms. The number of rotatable bonds is 6. The van der Waals surface area contributed by atoms with E-state index < -0.39 is 0 Å². The van der Waals surface area contributed by atoms with Gasteiger partial charge in [-0.3, -0.25) is 9.59 Å². The number of nitrogens with one attached hydrogen (secondary N) is 2. The fourth-order valence-electron chi connectivity index (χ4n) is 3.83. The van der Waals surface area contributed by atoms with Crippen LogP contribution in [0, 0.1) is 12.8 Å². The molecule has 2 amide bonds. The second kappa shape index (κ2) is 10.1. The molecule has 6 nitrogen and oxygen atoms in total. The molecule has 0 unspecified atom stereocenters. The molecule has 2 heterocycles. The first-order chi connectivity index (χ1) is 15.6. The largest absolute Gasteiger partial charge is 0.370 e. The SMILES string of the molecule is Cc1ccc(NC(=O)c2ccc(NCC3CCN(C(=O)c4ccccc4)CC3)nc2)cc1. The first kappa shape index (κ1) is 21.6. The van der Waals surface area contributed by atoms with Crippen molar-refractivity contribution in [2.24, 2.45) is 5.92 Å². The van der Waals surface area contributed by atoms with Gasteiger partial charge in [0, 0.05) is 37.1 Å². The van der Waals surface area contributed by atoms with Crippen LogP contribution < -0.4 is 10.6 Å². The molecule has 32 heavy (non-hydrogen) atoms. The molecule has 0 radical (unpaired) electrons. The van der Waals surface area contributed by atoms with Gasteiger partial charge < -0.3 is 15.5 Å². The van der Waals surface area contributed by atoms with E-state index in [0.29, 0.717) is 11.5 Å². The summed E-state index contributed by atoms with van der Waals surface area (Å²) in [4.78, 5) is 31.3. The van der Waals surface area contributed by atoms with Crippen molar-refractivity contribution >= 4 is 23.3 Å². The van der Waals surface area contributed by atoms with Crippen molar-refractivity contribution in [2.75, 3.05) is 30.3 Å². The summed E-state index contributed by atoms with van der Waals surface area (Å²) in [5.41, 5.74) is 3.18. The average Bonchev–Trinajstić information content (AvgIpc) is 2.85. The molecule has 3 aromatic rings. The van der Waals surface area contributed by atoms with Gasteiger partial charge in [-0.25, -0.2) is 4.98 Å². The van der Waals surface area contributed by atoms with E-state index in [1.165, 1.54) is 0 Å². The molecule has 0 bridgehead atoms. The predicted octanol–water partition coefficient (Wildman–Crippen LogP) is 4.61. The Morgan fingerprint density at radius 2 is 1.66 bits per heavy atom. The van der Waals surface area contributed by atoms with Crippen LogP contribution in [0.3, 0.4) is 0 Å². The molecule has 2 aromatic carbocycles. The second-order valence-electron chi connectivity index (χ2n) is 8.23. The smallest absolute Gasteiger partial charge is 0.257 e. The third kappa shape index (κ3) is 5.52. The normalized spacial score (nSPS) is 14.1. The number of hydrogen-bond donors (Lipinski definition) is 2. The molecule has 2 N–H and O–H groups in total. The molecular weight excluding hydrogens is 400 g/mol. The lowest BCUT2D eigenvalue weighted by atomic mass is 9.96. The molecule has 1 saturated heterocycles. The lowest BCUT2D eigenvalue weighted by Gasteiger charge is -2.32. The van der Waals surface area contributed by atoms with Gasteiger partial charge in [0.25, 0.3) is 11.8 Å². The Hall–Kier alpha value is -3.67. The van der Waals surface area contributed by atoms with E-state index >= 15 is 0 Å². The lowest BCUT2D eigenvalue weighted by Crippen LogP contribution is -2.39. The zero-order chi connectivity index (χ0) is 22.3. The van der Waals surface area contributed by atoms with Gasteiger partial charge >= 0.3 is 0 Å². The number of aryl methyl sites for hydroxylation is 1. The minimum Gasteiger partial charge on any atom is -0.370 e. The first-order valence-corrected chi connectivity index (χ1v) is 11.0. The zero-order valence-corrected chi connectivity index (χ0v) is 18.3. The molecule has 0 aliphatic carbocycles. The van der Waals surface area contributed by atoms with Crippen LogP contribution in [0.1, 0.15) is 39.1 Å². The molecule has 1 fully saturated rings.